The smallest absolute Gasteiger partial charge is 0.218 e. The first-order chi connectivity index (χ1) is 8.81. The van der Waals surface area contributed by atoms with E-state index in [9.17, 15) is 0 Å². The normalized spacial score (nSPS) is 9.89. The SMILES string of the molecule is COc1cccc(COc2cc(NN)ncn2)c1. The van der Waals surface area contributed by atoms with Crippen LogP contribution >= 0.6 is 0 Å². The molecule has 0 unspecified atom stereocenters. The number of benzene rings is 1. The van der Waals surface area contributed by atoms with Crippen LogP contribution in [0.25, 0.3) is 0 Å². The Hall–Kier alpha value is -2.34. The Morgan fingerprint density at radius 3 is 2.94 bits per heavy atom. The van der Waals surface area contributed by atoms with Gasteiger partial charge >= 0.3 is 0 Å². The fourth-order valence-corrected chi connectivity index (χ4v) is 1.42. The van der Waals surface area contributed by atoms with Gasteiger partial charge in [0.1, 0.15) is 24.5 Å². The molecule has 18 heavy (non-hydrogen) atoms. The van der Waals surface area contributed by atoms with E-state index >= 15 is 0 Å². The first-order valence-corrected chi connectivity index (χ1v) is 5.36. The van der Waals surface area contributed by atoms with Crippen molar-refractivity contribution < 1.29 is 9.47 Å². The molecule has 94 valence electrons. The standard InChI is InChI=1S/C12H14N4O2/c1-17-10-4-2-3-9(5-10)7-18-12-6-11(16-13)14-8-15-12/h2-6,8H,7,13H2,1H3,(H,14,15,16). The van der Waals surface area contributed by atoms with Crippen LogP contribution in [0.4, 0.5) is 5.82 Å². The van der Waals surface area contributed by atoms with Gasteiger partial charge in [0.25, 0.3) is 0 Å². The second-order valence-electron chi connectivity index (χ2n) is 3.53. The van der Waals surface area contributed by atoms with Gasteiger partial charge in [0.2, 0.25) is 5.88 Å². The Bertz CT molecular complexity index is 471. The molecular formula is C12H14N4O2. The number of hydrazine groups is 1. The van der Waals surface area contributed by atoms with Gasteiger partial charge in [-0.25, -0.2) is 15.8 Å². The summed E-state index contributed by atoms with van der Waals surface area (Å²) in [7, 11) is 1.63. The van der Waals surface area contributed by atoms with Gasteiger partial charge in [-0.1, -0.05) is 12.1 Å². The lowest BCUT2D eigenvalue weighted by molar-refractivity contribution is 0.292. The van der Waals surface area contributed by atoms with Crippen LogP contribution in [0.2, 0.25) is 0 Å². The molecule has 0 aliphatic rings. The van der Waals surface area contributed by atoms with E-state index in [4.69, 9.17) is 15.3 Å². The average molecular weight is 246 g/mol. The molecular weight excluding hydrogens is 232 g/mol. The lowest BCUT2D eigenvalue weighted by Crippen LogP contribution is -2.09. The summed E-state index contributed by atoms with van der Waals surface area (Å²) in [6.07, 6.45) is 1.39. The van der Waals surface area contributed by atoms with E-state index in [0.717, 1.165) is 11.3 Å². The van der Waals surface area contributed by atoms with Crippen molar-refractivity contribution in [1.29, 1.82) is 0 Å². The zero-order valence-corrected chi connectivity index (χ0v) is 9.96. The molecule has 2 aromatic rings. The Morgan fingerprint density at radius 1 is 1.28 bits per heavy atom. The van der Waals surface area contributed by atoms with Gasteiger partial charge in [-0.2, -0.15) is 0 Å². The van der Waals surface area contributed by atoms with Gasteiger partial charge in [-0.15, -0.1) is 0 Å². The predicted octanol–water partition coefficient (Wildman–Crippen LogP) is 1.35. The van der Waals surface area contributed by atoms with Crippen molar-refractivity contribution in [2.75, 3.05) is 12.5 Å². The number of nitrogen functional groups attached to an aromatic ring is 1. The number of nitrogens with zero attached hydrogens (tertiary/aromatic N) is 2. The Morgan fingerprint density at radius 2 is 2.17 bits per heavy atom. The molecule has 2 rings (SSSR count). The van der Waals surface area contributed by atoms with E-state index in [1.54, 1.807) is 13.2 Å². The summed E-state index contributed by atoms with van der Waals surface area (Å²) in [5, 5.41) is 0. The molecule has 0 radical (unpaired) electrons. The summed E-state index contributed by atoms with van der Waals surface area (Å²) in [6, 6.07) is 9.27. The van der Waals surface area contributed by atoms with Gasteiger partial charge < -0.3 is 14.9 Å². The molecule has 0 fully saturated rings. The van der Waals surface area contributed by atoms with E-state index in [1.165, 1.54) is 6.33 Å². The van der Waals surface area contributed by atoms with Crippen LogP contribution in [-0.4, -0.2) is 17.1 Å². The third kappa shape index (κ3) is 3.08. The van der Waals surface area contributed by atoms with Crippen LogP contribution in [0.5, 0.6) is 11.6 Å². The summed E-state index contributed by atoms with van der Waals surface area (Å²) >= 11 is 0. The largest absolute Gasteiger partial charge is 0.497 e. The highest BCUT2D eigenvalue weighted by Crippen LogP contribution is 2.15. The highest BCUT2D eigenvalue weighted by atomic mass is 16.5. The van der Waals surface area contributed by atoms with Crippen molar-refractivity contribution in [3.05, 3.63) is 42.2 Å². The fraction of sp³-hybridized carbons (Fsp3) is 0.167. The minimum atomic E-state index is 0.401. The van der Waals surface area contributed by atoms with Crippen LogP contribution in [0.15, 0.2) is 36.7 Å². The van der Waals surface area contributed by atoms with Crippen LogP contribution in [-0.2, 0) is 6.61 Å². The second kappa shape index (κ2) is 5.83. The van der Waals surface area contributed by atoms with E-state index in [-0.39, 0.29) is 0 Å². The first kappa shape index (κ1) is 12.1. The number of hydrogen-bond acceptors (Lipinski definition) is 6. The van der Waals surface area contributed by atoms with Crippen molar-refractivity contribution >= 4 is 5.82 Å². The Balaban J connectivity index is 2.01. The quantitative estimate of drug-likeness (QED) is 0.612. The molecule has 3 N–H and O–H groups in total. The van der Waals surface area contributed by atoms with Gasteiger partial charge in [-0.3, -0.25) is 0 Å². The molecule has 0 saturated carbocycles. The number of aromatic nitrogens is 2. The molecule has 0 spiro atoms. The van der Waals surface area contributed by atoms with E-state index < -0.39 is 0 Å². The molecule has 0 atom stereocenters. The lowest BCUT2D eigenvalue weighted by Gasteiger charge is -2.07. The summed E-state index contributed by atoms with van der Waals surface area (Å²) in [5.74, 6) is 7.01. The van der Waals surface area contributed by atoms with Gasteiger partial charge in [-0.05, 0) is 17.7 Å². The zero-order chi connectivity index (χ0) is 12.8. The number of nitrogens with one attached hydrogen (secondary N) is 1. The van der Waals surface area contributed by atoms with Crippen molar-refractivity contribution in [1.82, 2.24) is 9.97 Å². The van der Waals surface area contributed by atoms with Gasteiger partial charge in [0.15, 0.2) is 0 Å². The number of anilines is 1. The van der Waals surface area contributed by atoms with Crippen molar-refractivity contribution in [3.8, 4) is 11.6 Å². The second-order valence-corrected chi connectivity index (χ2v) is 3.53. The fourth-order valence-electron chi connectivity index (χ4n) is 1.42. The number of nitrogens with two attached hydrogens (primary N) is 1. The Kier molecular flexibility index (Phi) is 3.93. The van der Waals surface area contributed by atoms with Crippen LogP contribution in [0, 0.1) is 0 Å². The molecule has 6 nitrogen and oxygen atoms in total. The summed E-state index contributed by atoms with van der Waals surface area (Å²) in [5.41, 5.74) is 3.43. The highest BCUT2D eigenvalue weighted by molar-refractivity contribution is 5.35. The minimum Gasteiger partial charge on any atom is -0.497 e. The molecule has 0 saturated heterocycles. The molecule has 0 aliphatic heterocycles. The first-order valence-electron chi connectivity index (χ1n) is 5.36. The van der Waals surface area contributed by atoms with Crippen molar-refractivity contribution in [2.45, 2.75) is 6.61 Å². The number of rotatable bonds is 5. The third-order valence-corrected chi connectivity index (χ3v) is 2.31. The lowest BCUT2D eigenvalue weighted by atomic mass is 10.2. The predicted molar refractivity (Wildman–Crippen MR) is 67.2 cm³/mol. The zero-order valence-electron chi connectivity index (χ0n) is 9.96. The molecule has 1 aromatic heterocycles. The summed E-state index contributed by atoms with van der Waals surface area (Å²) in [4.78, 5) is 7.88. The van der Waals surface area contributed by atoms with Gasteiger partial charge in [0.05, 0.1) is 7.11 Å². The highest BCUT2D eigenvalue weighted by Gasteiger charge is 2.00. The maximum absolute atomic E-state index is 5.53. The summed E-state index contributed by atoms with van der Waals surface area (Å²) < 4.78 is 10.7. The number of ether oxygens (including phenoxy) is 2. The molecule has 0 bridgehead atoms. The molecule has 1 heterocycles. The van der Waals surface area contributed by atoms with Gasteiger partial charge in [0, 0.05) is 6.07 Å². The minimum absolute atomic E-state index is 0.401. The average Bonchev–Trinajstić information content (AvgIpc) is 2.45. The van der Waals surface area contributed by atoms with Crippen LogP contribution < -0.4 is 20.7 Å². The van der Waals surface area contributed by atoms with E-state index in [2.05, 4.69) is 15.4 Å². The van der Waals surface area contributed by atoms with Crippen LogP contribution in [0.1, 0.15) is 5.56 Å². The summed E-state index contributed by atoms with van der Waals surface area (Å²) in [6.45, 7) is 0.401. The topological polar surface area (TPSA) is 82.3 Å². The Labute approximate surface area is 105 Å². The van der Waals surface area contributed by atoms with Crippen molar-refractivity contribution in [2.24, 2.45) is 5.84 Å². The number of methoxy groups -OCH3 is 1. The monoisotopic (exact) mass is 246 g/mol. The molecule has 0 amide bonds. The van der Waals surface area contributed by atoms with E-state index in [1.807, 2.05) is 24.3 Å². The molecule has 1 aromatic carbocycles. The number of hydrogen-bond donors (Lipinski definition) is 2. The molecule has 6 heteroatoms. The van der Waals surface area contributed by atoms with Crippen LogP contribution in [0.3, 0.4) is 0 Å². The van der Waals surface area contributed by atoms with Crippen molar-refractivity contribution in [3.63, 3.8) is 0 Å². The third-order valence-electron chi connectivity index (χ3n) is 2.31. The molecule has 0 aliphatic carbocycles. The maximum Gasteiger partial charge on any atom is 0.218 e. The maximum atomic E-state index is 5.53. The van der Waals surface area contributed by atoms with E-state index in [0.29, 0.717) is 18.3 Å².